The first-order chi connectivity index (χ1) is 15.4. The molecule has 3 aromatic carbocycles. The van der Waals surface area contributed by atoms with Gasteiger partial charge in [-0.25, -0.2) is 0 Å². The summed E-state index contributed by atoms with van der Waals surface area (Å²) < 4.78 is 0. The minimum Gasteiger partial charge on any atom is -0.320 e. The Morgan fingerprint density at radius 3 is 1.23 bits per heavy atom. The van der Waals surface area contributed by atoms with E-state index in [9.17, 15) is 0 Å². The molecular formula is C29H39NP+. The lowest BCUT2D eigenvalue weighted by molar-refractivity contribution is 0.568. The Balaban J connectivity index is 1.70. The van der Waals surface area contributed by atoms with Gasteiger partial charge < -0.3 is 5.32 Å². The van der Waals surface area contributed by atoms with Crippen molar-refractivity contribution in [2.24, 2.45) is 0 Å². The van der Waals surface area contributed by atoms with Crippen molar-refractivity contribution < 1.29 is 0 Å². The molecule has 0 unspecified atom stereocenters. The highest BCUT2D eigenvalue weighted by Crippen LogP contribution is 2.55. The zero-order valence-corrected chi connectivity index (χ0v) is 20.1. The fraction of sp³-hybridized carbons (Fsp3) is 0.379. The number of nitrogens with one attached hydrogen (secondary N) is 1. The molecule has 0 aliphatic carbocycles. The van der Waals surface area contributed by atoms with E-state index in [0.29, 0.717) is 0 Å². The zero-order valence-electron chi connectivity index (χ0n) is 19.2. The standard InChI is InChI=1S/C29H39NP/c1-30-25-17-6-4-2-3-5-7-18-26-31(27-19-11-8-12-20-27,28-21-13-9-14-22-28)29-23-15-10-16-24-29/h8-16,19-24,30H,2-7,17-18,25-26H2,1H3/q+1. The van der Waals surface area contributed by atoms with Crippen LogP contribution < -0.4 is 21.2 Å². The molecular weight excluding hydrogens is 393 g/mol. The molecule has 3 rings (SSSR count). The summed E-state index contributed by atoms with van der Waals surface area (Å²) in [7, 11) is 0.410. The Kier molecular flexibility index (Phi) is 10.3. The van der Waals surface area contributed by atoms with Crippen LogP contribution in [0.4, 0.5) is 0 Å². The summed E-state index contributed by atoms with van der Waals surface area (Å²) >= 11 is 0. The van der Waals surface area contributed by atoms with Crippen molar-refractivity contribution in [1.82, 2.24) is 5.32 Å². The third-order valence-electron chi connectivity index (χ3n) is 6.26. The number of unbranched alkanes of at least 4 members (excludes halogenated alkanes) is 7. The van der Waals surface area contributed by atoms with Crippen molar-refractivity contribution in [3.05, 3.63) is 91.0 Å². The van der Waals surface area contributed by atoms with Gasteiger partial charge in [-0.2, -0.15) is 0 Å². The SMILES string of the molecule is CNCCCCCCCCCC[P+](c1ccccc1)(c1ccccc1)c1ccccc1. The molecule has 0 saturated heterocycles. The van der Waals surface area contributed by atoms with Gasteiger partial charge in [-0.1, -0.05) is 86.7 Å². The molecule has 0 atom stereocenters. The van der Waals surface area contributed by atoms with E-state index in [0.717, 1.165) is 6.54 Å². The van der Waals surface area contributed by atoms with E-state index >= 15 is 0 Å². The molecule has 2 heteroatoms. The Morgan fingerprint density at radius 2 is 0.839 bits per heavy atom. The maximum Gasteiger partial charge on any atom is 0.112 e. The van der Waals surface area contributed by atoms with Crippen LogP contribution in [0.15, 0.2) is 91.0 Å². The maximum atomic E-state index is 3.24. The van der Waals surface area contributed by atoms with Gasteiger partial charge in [0.15, 0.2) is 0 Å². The van der Waals surface area contributed by atoms with Crippen molar-refractivity contribution in [3.8, 4) is 0 Å². The Labute approximate surface area is 190 Å². The first kappa shape index (κ1) is 23.7. The van der Waals surface area contributed by atoms with E-state index in [1.807, 2.05) is 7.05 Å². The lowest BCUT2D eigenvalue weighted by Gasteiger charge is -2.27. The molecule has 0 spiro atoms. The summed E-state index contributed by atoms with van der Waals surface area (Å²) in [5.74, 6) is 0. The molecule has 1 N–H and O–H groups in total. The smallest absolute Gasteiger partial charge is 0.112 e. The molecule has 0 aliphatic heterocycles. The van der Waals surface area contributed by atoms with Gasteiger partial charge in [0.25, 0.3) is 0 Å². The van der Waals surface area contributed by atoms with Crippen LogP contribution in [0.25, 0.3) is 0 Å². The van der Waals surface area contributed by atoms with Gasteiger partial charge in [-0.05, 0) is 69.3 Å². The van der Waals surface area contributed by atoms with E-state index < -0.39 is 7.26 Å². The second-order valence-corrected chi connectivity index (χ2v) is 12.1. The van der Waals surface area contributed by atoms with Crippen LogP contribution in [0.3, 0.4) is 0 Å². The number of benzene rings is 3. The monoisotopic (exact) mass is 432 g/mol. The quantitative estimate of drug-likeness (QED) is 0.232. The van der Waals surface area contributed by atoms with Gasteiger partial charge in [-0.15, -0.1) is 0 Å². The molecule has 0 fully saturated rings. The molecule has 164 valence electrons. The first-order valence-electron chi connectivity index (χ1n) is 12.1. The fourth-order valence-electron chi connectivity index (χ4n) is 4.59. The minimum absolute atomic E-state index is 1.16. The average molecular weight is 433 g/mol. The van der Waals surface area contributed by atoms with Crippen LogP contribution >= 0.6 is 7.26 Å². The Bertz CT molecular complexity index is 736. The third kappa shape index (κ3) is 6.76. The molecule has 3 aromatic rings. The van der Waals surface area contributed by atoms with Gasteiger partial charge in [-0.3, -0.25) is 0 Å². The fourth-order valence-corrected chi connectivity index (χ4v) is 9.00. The predicted octanol–water partition coefficient (Wildman–Crippen LogP) is 6.32. The van der Waals surface area contributed by atoms with E-state index in [4.69, 9.17) is 0 Å². The molecule has 1 nitrogen and oxygen atoms in total. The highest BCUT2D eigenvalue weighted by Gasteiger charge is 2.44. The van der Waals surface area contributed by atoms with Crippen molar-refractivity contribution in [2.45, 2.75) is 51.4 Å². The van der Waals surface area contributed by atoms with E-state index in [2.05, 4.69) is 96.3 Å². The Hall–Kier alpha value is -1.95. The summed E-state index contributed by atoms with van der Waals surface area (Å²) in [5.41, 5.74) is 0. The number of hydrogen-bond acceptors (Lipinski definition) is 1. The molecule has 0 amide bonds. The molecule has 0 aliphatic rings. The number of rotatable bonds is 14. The second kappa shape index (κ2) is 13.5. The van der Waals surface area contributed by atoms with Crippen LogP contribution in [0, 0.1) is 0 Å². The lowest BCUT2D eigenvalue weighted by Crippen LogP contribution is -2.33. The molecule has 0 bridgehead atoms. The third-order valence-corrected chi connectivity index (χ3v) is 10.8. The van der Waals surface area contributed by atoms with Crippen molar-refractivity contribution in [2.75, 3.05) is 19.8 Å². The van der Waals surface area contributed by atoms with E-state index in [1.54, 1.807) is 0 Å². The van der Waals surface area contributed by atoms with Gasteiger partial charge in [0, 0.05) is 0 Å². The van der Waals surface area contributed by atoms with Crippen LogP contribution in [0.5, 0.6) is 0 Å². The summed E-state index contributed by atoms with van der Waals surface area (Å²) in [5, 5.41) is 7.78. The molecule has 31 heavy (non-hydrogen) atoms. The van der Waals surface area contributed by atoms with Crippen molar-refractivity contribution in [1.29, 1.82) is 0 Å². The van der Waals surface area contributed by atoms with Crippen molar-refractivity contribution >= 4 is 23.2 Å². The summed E-state index contributed by atoms with van der Waals surface area (Å²) in [6.45, 7) is 1.16. The summed E-state index contributed by atoms with van der Waals surface area (Å²) in [6, 6.07) is 33.9. The topological polar surface area (TPSA) is 12.0 Å². The predicted molar refractivity (Wildman–Crippen MR) is 141 cm³/mol. The molecule has 0 saturated carbocycles. The second-order valence-electron chi connectivity index (χ2n) is 8.47. The van der Waals surface area contributed by atoms with Crippen LogP contribution in [-0.2, 0) is 0 Å². The lowest BCUT2D eigenvalue weighted by atomic mass is 10.1. The van der Waals surface area contributed by atoms with Gasteiger partial charge in [0.2, 0.25) is 0 Å². The highest BCUT2D eigenvalue weighted by molar-refractivity contribution is 7.95. The van der Waals surface area contributed by atoms with Gasteiger partial charge in [0.05, 0.1) is 6.16 Å². The van der Waals surface area contributed by atoms with Gasteiger partial charge >= 0.3 is 0 Å². The van der Waals surface area contributed by atoms with Gasteiger partial charge in [0.1, 0.15) is 23.2 Å². The normalized spacial score (nSPS) is 11.5. The van der Waals surface area contributed by atoms with Crippen molar-refractivity contribution in [3.63, 3.8) is 0 Å². The first-order valence-corrected chi connectivity index (χ1v) is 14.0. The molecule has 0 heterocycles. The largest absolute Gasteiger partial charge is 0.320 e. The van der Waals surface area contributed by atoms with Crippen LogP contribution in [0.1, 0.15) is 51.4 Å². The molecule has 0 aromatic heterocycles. The molecule has 0 radical (unpaired) electrons. The zero-order chi connectivity index (χ0) is 21.6. The minimum atomic E-state index is -1.63. The number of hydrogen-bond donors (Lipinski definition) is 1. The average Bonchev–Trinajstić information content (AvgIpc) is 2.84. The Morgan fingerprint density at radius 1 is 0.484 bits per heavy atom. The van der Waals surface area contributed by atoms with Crippen LogP contribution in [-0.4, -0.2) is 19.8 Å². The van der Waals surface area contributed by atoms with Crippen LogP contribution in [0.2, 0.25) is 0 Å². The van der Waals surface area contributed by atoms with E-state index in [-0.39, 0.29) is 0 Å². The summed E-state index contributed by atoms with van der Waals surface area (Å²) in [6.07, 6.45) is 12.1. The maximum absolute atomic E-state index is 3.24. The van der Waals surface area contributed by atoms with E-state index in [1.165, 1.54) is 73.4 Å². The summed E-state index contributed by atoms with van der Waals surface area (Å²) in [4.78, 5) is 0. The highest BCUT2D eigenvalue weighted by atomic mass is 31.2.